The third-order valence-corrected chi connectivity index (χ3v) is 4.11. The second-order valence-corrected chi connectivity index (χ2v) is 5.90. The van der Waals surface area contributed by atoms with Gasteiger partial charge in [-0.1, -0.05) is 24.3 Å². The number of nitriles is 1. The van der Waals surface area contributed by atoms with Crippen LogP contribution in [0.25, 0.3) is 5.82 Å². The van der Waals surface area contributed by atoms with Gasteiger partial charge < -0.3 is 4.74 Å². The molecular weight excluding hydrogens is 300 g/mol. The molecule has 24 heavy (non-hydrogen) atoms. The quantitative estimate of drug-likeness (QED) is 0.721. The molecule has 5 heteroatoms. The van der Waals surface area contributed by atoms with E-state index in [1.54, 1.807) is 35.3 Å². The molecule has 0 spiro atoms. The molecule has 1 fully saturated rings. The predicted molar refractivity (Wildman–Crippen MR) is 88.8 cm³/mol. The Morgan fingerprint density at radius 1 is 1.12 bits per heavy atom. The lowest BCUT2D eigenvalue weighted by atomic mass is 10.1. The molecule has 0 bridgehead atoms. The molecule has 0 radical (unpaired) electrons. The van der Waals surface area contributed by atoms with Crippen LogP contribution in [0, 0.1) is 11.3 Å². The Morgan fingerprint density at radius 3 is 2.71 bits per heavy atom. The minimum absolute atomic E-state index is 0.467. The lowest BCUT2D eigenvalue weighted by Gasteiger charge is -2.09. The van der Waals surface area contributed by atoms with Gasteiger partial charge >= 0.3 is 0 Å². The van der Waals surface area contributed by atoms with Gasteiger partial charge in [0.15, 0.2) is 5.82 Å². The maximum Gasteiger partial charge on any atom is 0.218 e. The summed E-state index contributed by atoms with van der Waals surface area (Å²) in [6, 6.07) is 15.8. The summed E-state index contributed by atoms with van der Waals surface area (Å²) < 4.78 is 7.48. The first-order valence-corrected chi connectivity index (χ1v) is 7.96. The van der Waals surface area contributed by atoms with Crippen molar-refractivity contribution < 1.29 is 4.74 Å². The second kappa shape index (κ2) is 6.17. The van der Waals surface area contributed by atoms with Crippen LogP contribution in [0.5, 0.6) is 5.88 Å². The molecule has 1 aliphatic rings. The third kappa shape index (κ3) is 2.99. The van der Waals surface area contributed by atoms with Crippen LogP contribution >= 0.6 is 0 Å². The Bertz CT molecular complexity index is 888. The monoisotopic (exact) mass is 316 g/mol. The van der Waals surface area contributed by atoms with Crippen molar-refractivity contribution in [1.82, 2.24) is 14.8 Å². The summed E-state index contributed by atoms with van der Waals surface area (Å²) >= 11 is 0. The maximum atomic E-state index is 9.01. The largest absolute Gasteiger partial charge is 0.473 e. The van der Waals surface area contributed by atoms with Gasteiger partial charge in [-0.3, -0.25) is 0 Å². The molecule has 118 valence electrons. The standard InChI is InChI=1S/C19H16N4O/c20-12-15-7-9-21-18(11-15)23-19(8-10-22-23)24-13-14-1-3-16(4-2-14)17-5-6-17/h1-4,7-11,17H,5-6,13H2. The molecule has 0 atom stereocenters. The lowest BCUT2D eigenvalue weighted by Crippen LogP contribution is -2.05. The van der Waals surface area contributed by atoms with E-state index in [-0.39, 0.29) is 0 Å². The number of pyridine rings is 1. The zero-order valence-corrected chi connectivity index (χ0v) is 13.1. The number of nitrogens with zero attached hydrogens (tertiary/aromatic N) is 4. The third-order valence-electron chi connectivity index (χ3n) is 4.11. The number of hydrogen-bond acceptors (Lipinski definition) is 4. The van der Waals surface area contributed by atoms with E-state index < -0.39 is 0 Å². The van der Waals surface area contributed by atoms with E-state index in [4.69, 9.17) is 10.00 Å². The molecule has 0 N–H and O–H groups in total. The zero-order chi connectivity index (χ0) is 16.4. The molecule has 1 saturated carbocycles. The number of hydrogen-bond donors (Lipinski definition) is 0. The first-order chi connectivity index (χ1) is 11.8. The Balaban J connectivity index is 1.49. The highest BCUT2D eigenvalue weighted by atomic mass is 16.5. The molecule has 3 aromatic rings. The van der Waals surface area contributed by atoms with Crippen molar-refractivity contribution >= 4 is 0 Å². The second-order valence-electron chi connectivity index (χ2n) is 5.90. The van der Waals surface area contributed by atoms with Crippen molar-refractivity contribution in [2.75, 3.05) is 0 Å². The minimum atomic E-state index is 0.467. The molecule has 2 heterocycles. The Labute approximate surface area is 140 Å². The van der Waals surface area contributed by atoms with Gasteiger partial charge in [-0.2, -0.15) is 15.0 Å². The molecular formula is C19H16N4O. The van der Waals surface area contributed by atoms with Gasteiger partial charge in [0.2, 0.25) is 5.88 Å². The summed E-state index contributed by atoms with van der Waals surface area (Å²) in [4.78, 5) is 4.25. The van der Waals surface area contributed by atoms with E-state index in [0.29, 0.717) is 23.9 Å². The number of benzene rings is 1. The Kier molecular flexibility index (Phi) is 3.72. The van der Waals surface area contributed by atoms with E-state index in [0.717, 1.165) is 11.5 Å². The average molecular weight is 316 g/mol. The predicted octanol–water partition coefficient (Wildman–Crippen LogP) is 3.60. The summed E-state index contributed by atoms with van der Waals surface area (Å²) in [5.41, 5.74) is 3.07. The topological polar surface area (TPSA) is 63.7 Å². The SMILES string of the molecule is N#Cc1ccnc(-n2nccc2OCc2ccc(C3CC3)cc2)c1. The molecule has 0 aliphatic heterocycles. The van der Waals surface area contributed by atoms with Crippen molar-refractivity contribution in [2.45, 2.75) is 25.4 Å². The van der Waals surface area contributed by atoms with Crippen molar-refractivity contribution in [1.29, 1.82) is 5.26 Å². The van der Waals surface area contributed by atoms with E-state index in [1.807, 2.05) is 0 Å². The van der Waals surface area contributed by atoms with Gasteiger partial charge in [-0.05, 0) is 36.0 Å². The van der Waals surface area contributed by atoms with Crippen LogP contribution in [0.3, 0.4) is 0 Å². The summed E-state index contributed by atoms with van der Waals surface area (Å²) in [6.07, 6.45) is 5.87. The van der Waals surface area contributed by atoms with Crippen LogP contribution < -0.4 is 4.74 Å². The summed E-state index contributed by atoms with van der Waals surface area (Å²) in [6.45, 7) is 0.467. The zero-order valence-electron chi connectivity index (χ0n) is 13.1. The van der Waals surface area contributed by atoms with E-state index >= 15 is 0 Å². The van der Waals surface area contributed by atoms with Crippen LogP contribution in [-0.2, 0) is 6.61 Å². The number of rotatable bonds is 5. The van der Waals surface area contributed by atoms with Gasteiger partial charge in [-0.25, -0.2) is 4.98 Å². The van der Waals surface area contributed by atoms with E-state index in [1.165, 1.54) is 18.4 Å². The highest BCUT2D eigenvalue weighted by Gasteiger charge is 2.22. The fourth-order valence-electron chi connectivity index (χ4n) is 2.64. The molecule has 1 aromatic carbocycles. The molecule has 0 amide bonds. The minimum Gasteiger partial charge on any atom is -0.473 e. The van der Waals surface area contributed by atoms with Crippen LogP contribution in [0.15, 0.2) is 54.9 Å². The van der Waals surface area contributed by atoms with Gasteiger partial charge in [-0.15, -0.1) is 0 Å². The summed E-state index contributed by atoms with van der Waals surface area (Å²) in [5, 5.41) is 13.2. The number of ether oxygens (including phenoxy) is 1. The average Bonchev–Trinajstić information content (AvgIpc) is 3.38. The molecule has 0 saturated heterocycles. The first-order valence-electron chi connectivity index (χ1n) is 7.96. The van der Waals surface area contributed by atoms with Crippen LogP contribution in [0.2, 0.25) is 0 Å². The van der Waals surface area contributed by atoms with E-state index in [2.05, 4.69) is 40.4 Å². The molecule has 5 nitrogen and oxygen atoms in total. The van der Waals surface area contributed by atoms with Gasteiger partial charge in [0.25, 0.3) is 0 Å². The lowest BCUT2D eigenvalue weighted by molar-refractivity contribution is 0.284. The summed E-state index contributed by atoms with van der Waals surface area (Å²) in [7, 11) is 0. The maximum absolute atomic E-state index is 9.01. The Morgan fingerprint density at radius 2 is 1.96 bits per heavy atom. The van der Waals surface area contributed by atoms with Crippen molar-refractivity contribution in [3.05, 3.63) is 71.5 Å². The molecule has 2 aromatic heterocycles. The molecule has 1 aliphatic carbocycles. The fraction of sp³-hybridized carbons (Fsp3) is 0.211. The highest BCUT2D eigenvalue weighted by Crippen LogP contribution is 2.39. The van der Waals surface area contributed by atoms with Gasteiger partial charge in [0.05, 0.1) is 17.8 Å². The fourth-order valence-corrected chi connectivity index (χ4v) is 2.64. The van der Waals surface area contributed by atoms with Crippen LogP contribution in [-0.4, -0.2) is 14.8 Å². The Hall–Kier alpha value is -3.13. The van der Waals surface area contributed by atoms with Gasteiger partial charge in [0.1, 0.15) is 6.61 Å². The normalized spacial score (nSPS) is 13.5. The highest BCUT2D eigenvalue weighted by molar-refractivity contribution is 5.37. The number of aromatic nitrogens is 3. The van der Waals surface area contributed by atoms with Gasteiger partial charge in [0, 0.05) is 18.3 Å². The smallest absolute Gasteiger partial charge is 0.218 e. The van der Waals surface area contributed by atoms with E-state index in [9.17, 15) is 0 Å². The van der Waals surface area contributed by atoms with Crippen LogP contribution in [0.4, 0.5) is 0 Å². The van der Waals surface area contributed by atoms with Crippen molar-refractivity contribution in [3.63, 3.8) is 0 Å². The molecule has 4 rings (SSSR count). The molecule has 0 unspecified atom stereocenters. The first kappa shape index (κ1) is 14.5. The summed E-state index contributed by atoms with van der Waals surface area (Å²) in [5.74, 6) is 1.93. The van der Waals surface area contributed by atoms with Crippen molar-refractivity contribution in [3.8, 4) is 17.8 Å². The van der Waals surface area contributed by atoms with Crippen LogP contribution in [0.1, 0.15) is 35.4 Å². The van der Waals surface area contributed by atoms with Crippen molar-refractivity contribution in [2.24, 2.45) is 0 Å².